The second kappa shape index (κ2) is 6.62. The smallest absolute Gasteiger partial charge is 0.184 e. The molecule has 1 unspecified atom stereocenters. The first-order chi connectivity index (χ1) is 12.4. The van der Waals surface area contributed by atoms with Gasteiger partial charge in [0.05, 0.1) is 12.2 Å². The van der Waals surface area contributed by atoms with Gasteiger partial charge >= 0.3 is 0 Å². The summed E-state index contributed by atoms with van der Waals surface area (Å²) in [6.45, 7) is 0.623. The second-order valence-corrected chi connectivity index (χ2v) is 5.87. The maximum atomic E-state index is 5.73. The van der Waals surface area contributed by atoms with E-state index in [0.29, 0.717) is 6.54 Å². The van der Waals surface area contributed by atoms with Gasteiger partial charge in [0, 0.05) is 23.7 Å². The summed E-state index contributed by atoms with van der Waals surface area (Å²) in [7, 11) is 0. The molecule has 3 heteroatoms. The Labute approximate surface area is 147 Å². The third kappa shape index (κ3) is 2.90. The van der Waals surface area contributed by atoms with Crippen molar-refractivity contribution >= 4 is 11.9 Å². The van der Waals surface area contributed by atoms with Crippen LogP contribution in [0.15, 0.2) is 77.9 Å². The van der Waals surface area contributed by atoms with Gasteiger partial charge in [-0.15, -0.1) is 6.42 Å². The van der Waals surface area contributed by atoms with Gasteiger partial charge in [-0.25, -0.2) is 0 Å². The highest BCUT2D eigenvalue weighted by molar-refractivity contribution is 5.98. The van der Waals surface area contributed by atoms with E-state index in [0.717, 1.165) is 22.5 Å². The van der Waals surface area contributed by atoms with Crippen LogP contribution in [0.2, 0.25) is 0 Å². The molecule has 0 saturated heterocycles. The van der Waals surface area contributed by atoms with Gasteiger partial charge in [0.2, 0.25) is 0 Å². The van der Waals surface area contributed by atoms with Gasteiger partial charge in [-0.05, 0) is 29.3 Å². The Kier molecular flexibility index (Phi) is 4.02. The minimum atomic E-state index is -0.319. The van der Waals surface area contributed by atoms with Crippen LogP contribution in [0.25, 0.3) is 11.1 Å². The average molecular weight is 323 g/mol. The van der Waals surface area contributed by atoms with Gasteiger partial charge in [0.1, 0.15) is 0 Å². The minimum Gasteiger partial charge on any atom is -0.333 e. The predicted molar refractivity (Wildman–Crippen MR) is 103 cm³/mol. The maximum absolute atomic E-state index is 5.73. The molecule has 0 bridgehead atoms. The van der Waals surface area contributed by atoms with Gasteiger partial charge in [-0.2, -0.15) is 0 Å². The first kappa shape index (κ1) is 15.2. The normalized spacial score (nSPS) is 15.5. The topological polar surface area (TPSA) is 28.5 Å². The zero-order valence-electron chi connectivity index (χ0n) is 13.7. The van der Waals surface area contributed by atoms with Gasteiger partial charge in [0.15, 0.2) is 6.17 Å². The van der Waals surface area contributed by atoms with E-state index < -0.39 is 0 Å². The lowest BCUT2D eigenvalue weighted by atomic mass is 9.97. The largest absolute Gasteiger partial charge is 0.333 e. The van der Waals surface area contributed by atoms with Gasteiger partial charge in [-0.3, -0.25) is 9.98 Å². The molecule has 0 aliphatic carbocycles. The number of rotatable bonds is 3. The number of hydrogen-bond donors (Lipinski definition) is 0. The number of nitrogens with zero attached hydrogens (tertiary/aromatic N) is 3. The van der Waals surface area contributed by atoms with Crippen LogP contribution >= 0.6 is 0 Å². The number of hydrogen-bond acceptors (Lipinski definition) is 3. The number of pyridine rings is 1. The van der Waals surface area contributed by atoms with Crippen LogP contribution in [0.1, 0.15) is 11.3 Å². The summed E-state index contributed by atoms with van der Waals surface area (Å²) >= 11 is 0. The first-order valence-corrected chi connectivity index (χ1v) is 8.21. The first-order valence-electron chi connectivity index (χ1n) is 8.21. The third-order valence-electron chi connectivity index (χ3n) is 4.32. The standard InChI is InChI=1S/C22H17N3/c1-2-22-24-15-20-19(17-9-4-3-5-10-17)12-8-13-21(20)25(22)16-18-11-6-7-14-23-18/h1,3-15,22H,16H2. The molecule has 2 aromatic carbocycles. The van der Waals surface area contributed by atoms with Crippen molar-refractivity contribution in [3.63, 3.8) is 0 Å². The summed E-state index contributed by atoms with van der Waals surface area (Å²) in [6, 6.07) is 22.5. The highest BCUT2D eigenvalue weighted by atomic mass is 15.3. The number of anilines is 1. The van der Waals surface area contributed by atoms with E-state index in [4.69, 9.17) is 6.42 Å². The molecule has 0 N–H and O–H groups in total. The Morgan fingerprint density at radius 3 is 2.56 bits per heavy atom. The lowest BCUT2D eigenvalue weighted by molar-refractivity contribution is 0.710. The molecule has 0 radical (unpaired) electrons. The number of aromatic nitrogens is 1. The number of benzene rings is 2. The SMILES string of the molecule is C#CC1N=Cc2c(-c3ccccc3)cccc2N1Cc1ccccn1. The van der Waals surface area contributed by atoms with Gasteiger partial charge in [0.25, 0.3) is 0 Å². The molecular weight excluding hydrogens is 306 g/mol. The fourth-order valence-electron chi connectivity index (χ4n) is 3.14. The molecule has 1 aliphatic rings. The molecule has 3 aromatic rings. The fraction of sp³-hybridized carbons (Fsp3) is 0.0909. The monoisotopic (exact) mass is 323 g/mol. The van der Waals surface area contributed by atoms with E-state index in [-0.39, 0.29) is 6.17 Å². The Balaban J connectivity index is 1.80. The fourth-order valence-corrected chi connectivity index (χ4v) is 3.14. The van der Waals surface area contributed by atoms with Crippen LogP contribution in [0.4, 0.5) is 5.69 Å². The van der Waals surface area contributed by atoms with Gasteiger partial charge in [-0.1, -0.05) is 54.5 Å². The lowest BCUT2D eigenvalue weighted by Crippen LogP contribution is -2.36. The van der Waals surface area contributed by atoms with E-state index in [9.17, 15) is 0 Å². The van der Waals surface area contributed by atoms with Crippen molar-refractivity contribution in [3.05, 3.63) is 84.2 Å². The van der Waals surface area contributed by atoms with E-state index >= 15 is 0 Å². The molecule has 0 spiro atoms. The molecule has 0 amide bonds. The Morgan fingerprint density at radius 2 is 1.80 bits per heavy atom. The van der Waals surface area contributed by atoms with Crippen molar-refractivity contribution in [1.82, 2.24) is 4.98 Å². The van der Waals surface area contributed by atoms with Crippen molar-refractivity contribution in [2.24, 2.45) is 4.99 Å². The summed E-state index contributed by atoms with van der Waals surface area (Å²) in [5.41, 5.74) is 5.48. The van der Waals surface area contributed by atoms with Crippen molar-refractivity contribution in [1.29, 1.82) is 0 Å². The molecule has 4 rings (SSSR count). The van der Waals surface area contributed by atoms with E-state index in [1.807, 2.05) is 42.6 Å². The van der Waals surface area contributed by atoms with Crippen LogP contribution < -0.4 is 4.90 Å². The molecule has 3 nitrogen and oxygen atoms in total. The zero-order valence-corrected chi connectivity index (χ0v) is 13.7. The summed E-state index contributed by atoms with van der Waals surface area (Å²) < 4.78 is 0. The summed E-state index contributed by atoms with van der Waals surface area (Å²) in [5.74, 6) is 2.77. The molecule has 25 heavy (non-hydrogen) atoms. The Hall–Kier alpha value is -3.38. The molecule has 2 heterocycles. The third-order valence-corrected chi connectivity index (χ3v) is 4.32. The number of aliphatic imine (C=N–C) groups is 1. The summed E-state index contributed by atoms with van der Waals surface area (Å²) in [4.78, 5) is 11.2. The highest BCUT2D eigenvalue weighted by Crippen LogP contribution is 2.34. The molecule has 1 aliphatic heterocycles. The average Bonchev–Trinajstić information content (AvgIpc) is 2.69. The van der Waals surface area contributed by atoms with Crippen LogP contribution in [-0.4, -0.2) is 17.4 Å². The molecule has 1 atom stereocenters. The van der Waals surface area contributed by atoms with Crippen molar-refractivity contribution in [3.8, 4) is 23.5 Å². The molecule has 0 saturated carbocycles. The Morgan fingerprint density at radius 1 is 0.960 bits per heavy atom. The van der Waals surface area contributed by atoms with E-state index in [1.54, 1.807) is 6.20 Å². The van der Waals surface area contributed by atoms with Crippen LogP contribution in [0.5, 0.6) is 0 Å². The molecule has 1 aromatic heterocycles. The second-order valence-electron chi connectivity index (χ2n) is 5.87. The highest BCUT2D eigenvalue weighted by Gasteiger charge is 2.24. The quantitative estimate of drug-likeness (QED) is 0.678. The number of fused-ring (bicyclic) bond motifs is 1. The summed E-state index contributed by atoms with van der Waals surface area (Å²) in [6.07, 6.45) is 9.11. The van der Waals surface area contributed by atoms with Crippen molar-refractivity contribution in [2.75, 3.05) is 4.90 Å². The van der Waals surface area contributed by atoms with Crippen LogP contribution in [0, 0.1) is 12.3 Å². The maximum Gasteiger partial charge on any atom is 0.184 e. The summed E-state index contributed by atoms with van der Waals surface area (Å²) in [5, 5.41) is 0. The molecule has 0 fully saturated rings. The Bertz CT molecular complexity index is 940. The molecule has 120 valence electrons. The van der Waals surface area contributed by atoms with Crippen molar-refractivity contribution < 1.29 is 0 Å². The van der Waals surface area contributed by atoms with Gasteiger partial charge < -0.3 is 4.90 Å². The zero-order chi connectivity index (χ0) is 17.1. The lowest BCUT2D eigenvalue weighted by Gasteiger charge is -2.32. The van der Waals surface area contributed by atoms with Crippen molar-refractivity contribution in [2.45, 2.75) is 12.7 Å². The van der Waals surface area contributed by atoms with Crippen LogP contribution in [0.3, 0.4) is 0 Å². The molecular formula is C22H17N3. The van der Waals surface area contributed by atoms with Crippen LogP contribution in [-0.2, 0) is 6.54 Å². The van der Waals surface area contributed by atoms with E-state index in [2.05, 4.69) is 51.1 Å². The minimum absolute atomic E-state index is 0.319. The van der Waals surface area contributed by atoms with E-state index in [1.165, 1.54) is 5.56 Å². The number of terminal acetylenes is 1. The predicted octanol–water partition coefficient (Wildman–Crippen LogP) is 4.15.